The average molecular weight is 269 g/mol. The van der Waals surface area contributed by atoms with Gasteiger partial charge in [0.2, 0.25) is 11.9 Å². The minimum absolute atomic E-state index is 0.134. The van der Waals surface area contributed by atoms with Crippen molar-refractivity contribution in [3.8, 4) is 0 Å². The lowest BCUT2D eigenvalue weighted by molar-refractivity contribution is -0.121. The number of hydrogen-bond donors (Lipinski definition) is 2. The fourth-order valence-electron chi connectivity index (χ4n) is 1.90. The van der Waals surface area contributed by atoms with Crippen LogP contribution in [0.4, 0.5) is 4.79 Å². The summed E-state index contributed by atoms with van der Waals surface area (Å²) in [6.07, 6.45) is 1.22. The van der Waals surface area contributed by atoms with E-state index in [0.29, 0.717) is 6.42 Å². The Kier molecular flexibility index (Phi) is 4.55. The highest BCUT2D eigenvalue weighted by Gasteiger charge is 2.34. The van der Waals surface area contributed by atoms with Gasteiger partial charge in [0, 0.05) is 0 Å². The summed E-state index contributed by atoms with van der Waals surface area (Å²) in [5, 5.41) is 5.04. The monoisotopic (exact) mass is 269 g/mol. The van der Waals surface area contributed by atoms with Gasteiger partial charge in [0.1, 0.15) is 5.60 Å². The van der Waals surface area contributed by atoms with Gasteiger partial charge in [0.25, 0.3) is 0 Å². The van der Waals surface area contributed by atoms with E-state index in [1.807, 2.05) is 13.8 Å². The molecule has 0 aliphatic carbocycles. The molecule has 6 nitrogen and oxygen atoms in total. The van der Waals surface area contributed by atoms with Gasteiger partial charge in [-0.3, -0.25) is 15.4 Å². The van der Waals surface area contributed by atoms with Crippen molar-refractivity contribution in [3.05, 3.63) is 0 Å². The van der Waals surface area contributed by atoms with Gasteiger partial charge < -0.3 is 4.74 Å². The number of amides is 2. The molecule has 6 heteroatoms. The Morgan fingerprint density at radius 2 is 2.00 bits per heavy atom. The summed E-state index contributed by atoms with van der Waals surface area (Å²) >= 11 is 0. The number of aliphatic imine (C=N–C) groups is 1. The zero-order valence-corrected chi connectivity index (χ0v) is 12.3. The molecule has 0 fully saturated rings. The third-order valence-corrected chi connectivity index (χ3v) is 3.03. The van der Waals surface area contributed by atoms with Crippen LogP contribution in [0.1, 0.15) is 53.9 Å². The Labute approximate surface area is 114 Å². The molecule has 0 saturated carbocycles. The Hall–Kier alpha value is -1.59. The topological polar surface area (TPSA) is 79.8 Å². The summed E-state index contributed by atoms with van der Waals surface area (Å²) in [7, 11) is 0. The fraction of sp³-hybridized carbons (Fsp3) is 0.769. The Bertz CT molecular complexity index is 392. The van der Waals surface area contributed by atoms with Crippen LogP contribution in [-0.2, 0) is 9.53 Å². The van der Waals surface area contributed by atoms with Crippen molar-refractivity contribution in [2.24, 2.45) is 4.99 Å². The average Bonchev–Trinajstić information content (AvgIpc) is 2.25. The molecule has 0 aromatic heterocycles. The van der Waals surface area contributed by atoms with Gasteiger partial charge in [-0.1, -0.05) is 13.8 Å². The standard InChI is InChI=1S/C13H23N3O3/c1-6-13(7-2)8-9(17)14-10(16-13)15-11(18)19-12(3,4)5/h6-8H2,1-5H3,(H2,14,15,16,17,18). The van der Waals surface area contributed by atoms with Crippen LogP contribution in [0, 0.1) is 0 Å². The molecule has 0 atom stereocenters. The summed E-state index contributed by atoms with van der Waals surface area (Å²) < 4.78 is 5.13. The second kappa shape index (κ2) is 5.59. The van der Waals surface area contributed by atoms with Crippen molar-refractivity contribution in [2.45, 2.75) is 65.0 Å². The zero-order chi connectivity index (χ0) is 14.7. The molecule has 1 aliphatic rings. The molecular formula is C13H23N3O3. The number of carbonyl (C=O) groups is 2. The predicted octanol–water partition coefficient (Wildman–Crippen LogP) is 1.95. The SMILES string of the molecule is CCC1(CC)CC(=O)NC(NC(=O)OC(C)(C)C)=N1. The van der Waals surface area contributed by atoms with Crippen molar-refractivity contribution in [1.82, 2.24) is 10.6 Å². The number of alkyl carbamates (subject to hydrolysis) is 1. The third kappa shape index (κ3) is 4.54. The van der Waals surface area contributed by atoms with E-state index in [2.05, 4.69) is 15.6 Å². The van der Waals surface area contributed by atoms with Gasteiger partial charge in [-0.25, -0.2) is 9.79 Å². The largest absolute Gasteiger partial charge is 0.444 e. The number of nitrogens with one attached hydrogen (secondary N) is 2. The summed E-state index contributed by atoms with van der Waals surface area (Å²) in [6, 6.07) is 0. The lowest BCUT2D eigenvalue weighted by atomic mass is 9.88. The molecule has 19 heavy (non-hydrogen) atoms. The van der Waals surface area contributed by atoms with Crippen molar-refractivity contribution < 1.29 is 14.3 Å². The van der Waals surface area contributed by atoms with E-state index in [1.165, 1.54) is 0 Å². The van der Waals surface area contributed by atoms with E-state index >= 15 is 0 Å². The summed E-state index contributed by atoms with van der Waals surface area (Å²) in [4.78, 5) is 27.8. The minimum Gasteiger partial charge on any atom is -0.444 e. The number of rotatable bonds is 2. The molecule has 0 bridgehead atoms. The van der Waals surface area contributed by atoms with Crippen molar-refractivity contribution in [2.75, 3.05) is 0 Å². The first-order chi connectivity index (χ1) is 8.69. The lowest BCUT2D eigenvalue weighted by Crippen LogP contribution is -2.52. The van der Waals surface area contributed by atoms with Crippen LogP contribution in [0.25, 0.3) is 0 Å². The Balaban J connectivity index is 2.79. The molecule has 0 radical (unpaired) electrons. The molecule has 0 spiro atoms. The van der Waals surface area contributed by atoms with Gasteiger partial charge in [-0.2, -0.15) is 0 Å². The summed E-state index contributed by atoms with van der Waals surface area (Å²) in [5.41, 5.74) is -1.01. The first-order valence-electron chi connectivity index (χ1n) is 6.59. The van der Waals surface area contributed by atoms with E-state index < -0.39 is 17.2 Å². The van der Waals surface area contributed by atoms with E-state index in [-0.39, 0.29) is 11.9 Å². The van der Waals surface area contributed by atoms with Crippen LogP contribution < -0.4 is 10.6 Å². The van der Waals surface area contributed by atoms with Gasteiger partial charge in [-0.05, 0) is 33.6 Å². The Morgan fingerprint density at radius 1 is 1.42 bits per heavy atom. The minimum atomic E-state index is -0.616. The van der Waals surface area contributed by atoms with E-state index in [9.17, 15) is 9.59 Å². The summed E-state index contributed by atoms with van der Waals surface area (Å²) in [6.45, 7) is 9.29. The molecule has 0 aromatic carbocycles. The quantitative estimate of drug-likeness (QED) is 0.804. The van der Waals surface area contributed by atoms with E-state index in [1.54, 1.807) is 20.8 Å². The van der Waals surface area contributed by atoms with Crippen LogP contribution in [0.5, 0.6) is 0 Å². The van der Waals surface area contributed by atoms with Gasteiger partial charge in [-0.15, -0.1) is 0 Å². The van der Waals surface area contributed by atoms with Crippen LogP contribution in [0.15, 0.2) is 4.99 Å². The van der Waals surface area contributed by atoms with Crippen molar-refractivity contribution in [3.63, 3.8) is 0 Å². The molecule has 0 aromatic rings. The highest BCUT2D eigenvalue weighted by molar-refractivity contribution is 6.05. The van der Waals surface area contributed by atoms with Crippen LogP contribution >= 0.6 is 0 Å². The zero-order valence-electron chi connectivity index (χ0n) is 12.3. The number of carbonyl (C=O) groups excluding carboxylic acids is 2. The van der Waals surface area contributed by atoms with Crippen molar-refractivity contribution >= 4 is 18.0 Å². The normalized spacial score (nSPS) is 18.4. The maximum absolute atomic E-state index is 11.7. The third-order valence-electron chi connectivity index (χ3n) is 3.03. The second-order valence-corrected chi connectivity index (χ2v) is 5.74. The van der Waals surface area contributed by atoms with Gasteiger partial charge >= 0.3 is 6.09 Å². The van der Waals surface area contributed by atoms with Gasteiger partial charge in [0.15, 0.2) is 0 Å². The maximum atomic E-state index is 11.7. The molecule has 0 unspecified atom stereocenters. The number of nitrogens with zero attached hydrogens (tertiary/aromatic N) is 1. The number of guanidine groups is 1. The van der Waals surface area contributed by atoms with Crippen LogP contribution in [0.3, 0.4) is 0 Å². The van der Waals surface area contributed by atoms with Gasteiger partial charge in [0.05, 0.1) is 12.0 Å². The fourth-order valence-corrected chi connectivity index (χ4v) is 1.90. The van der Waals surface area contributed by atoms with Crippen LogP contribution in [-0.4, -0.2) is 29.1 Å². The van der Waals surface area contributed by atoms with E-state index in [4.69, 9.17) is 4.74 Å². The molecule has 2 N–H and O–H groups in total. The smallest absolute Gasteiger partial charge is 0.414 e. The molecule has 0 saturated heterocycles. The molecule has 1 heterocycles. The number of hydrogen-bond acceptors (Lipinski definition) is 4. The second-order valence-electron chi connectivity index (χ2n) is 5.74. The first-order valence-corrected chi connectivity index (χ1v) is 6.59. The first kappa shape index (κ1) is 15.5. The molecule has 1 rings (SSSR count). The molecular weight excluding hydrogens is 246 g/mol. The maximum Gasteiger partial charge on any atom is 0.414 e. The molecule has 1 aliphatic heterocycles. The van der Waals surface area contributed by atoms with Crippen LogP contribution in [0.2, 0.25) is 0 Å². The highest BCUT2D eigenvalue weighted by atomic mass is 16.6. The lowest BCUT2D eigenvalue weighted by Gasteiger charge is -2.32. The molecule has 2 amide bonds. The van der Waals surface area contributed by atoms with E-state index in [0.717, 1.165) is 12.8 Å². The Morgan fingerprint density at radius 3 is 2.47 bits per heavy atom. The molecule has 108 valence electrons. The highest BCUT2D eigenvalue weighted by Crippen LogP contribution is 2.26. The predicted molar refractivity (Wildman–Crippen MR) is 72.9 cm³/mol. The summed E-state index contributed by atoms with van der Waals surface area (Å²) in [5.74, 6) is 0.0407. The van der Waals surface area contributed by atoms with Crippen molar-refractivity contribution in [1.29, 1.82) is 0 Å². The number of ether oxygens (including phenoxy) is 1.